The zero-order valence-corrected chi connectivity index (χ0v) is 13.0. The number of nitrogens with one attached hydrogen (secondary N) is 1. The molecule has 1 unspecified atom stereocenters. The minimum atomic E-state index is -0.387. The standard InChI is InChI=1S/C15H23ClN2O2/c1-11(2)15(3,10-17)18-14(19)8-9-20-13-7-5-4-6-12(13)16/h4-7,11H,8-10,17H2,1-3H3,(H,18,19). The topological polar surface area (TPSA) is 64.3 Å². The van der Waals surface area contributed by atoms with Crippen LogP contribution in [0, 0.1) is 5.92 Å². The number of ether oxygens (including phenoxy) is 1. The minimum Gasteiger partial charge on any atom is -0.491 e. The molecule has 4 nitrogen and oxygen atoms in total. The molecule has 0 aromatic heterocycles. The monoisotopic (exact) mass is 298 g/mol. The van der Waals surface area contributed by atoms with Crippen LogP contribution in [0.1, 0.15) is 27.2 Å². The third-order valence-electron chi connectivity index (χ3n) is 3.55. The Balaban J connectivity index is 2.43. The zero-order chi connectivity index (χ0) is 15.2. The number of benzene rings is 1. The SMILES string of the molecule is CC(C)C(C)(CN)NC(=O)CCOc1ccccc1Cl. The number of halogens is 1. The molecule has 1 atom stereocenters. The van der Waals surface area contributed by atoms with Crippen molar-refractivity contribution in [1.29, 1.82) is 0 Å². The summed E-state index contributed by atoms with van der Waals surface area (Å²) in [7, 11) is 0. The molecule has 1 aromatic carbocycles. The van der Waals surface area contributed by atoms with Gasteiger partial charge < -0.3 is 15.8 Å². The van der Waals surface area contributed by atoms with Gasteiger partial charge in [-0.1, -0.05) is 37.6 Å². The molecule has 0 saturated heterocycles. The Morgan fingerprint density at radius 3 is 2.65 bits per heavy atom. The van der Waals surface area contributed by atoms with Crippen LogP contribution in [0.3, 0.4) is 0 Å². The highest BCUT2D eigenvalue weighted by Crippen LogP contribution is 2.23. The van der Waals surface area contributed by atoms with Crippen LogP contribution >= 0.6 is 11.6 Å². The van der Waals surface area contributed by atoms with E-state index in [2.05, 4.69) is 5.32 Å². The lowest BCUT2D eigenvalue weighted by Crippen LogP contribution is -2.55. The fourth-order valence-electron chi connectivity index (χ4n) is 1.63. The Bertz CT molecular complexity index is 451. The van der Waals surface area contributed by atoms with Crippen LogP contribution in [-0.2, 0) is 4.79 Å². The highest BCUT2D eigenvalue weighted by Gasteiger charge is 2.28. The van der Waals surface area contributed by atoms with E-state index >= 15 is 0 Å². The van der Waals surface area contributed by atoms with Crippen LogP contribution < -0.4 is 15.8 Å². The van der Waals surface area contributed by atoms with E-state index < -0.39 is 0 Å². The minimum absolute atomic E-state index is 0.0706. The van der Waals surface area contributed by atoms with Crippen LogP contribution in [-0.4, -0.2) is 24.6 Å². The van der Waals surface area contributed by atoms with E-state index in [1.165, 1.54) is 0 Å². The molecule has 1 amide bonds. The number of rotatable bonds is 7. The summed E-state index contributed by atoms with van der Waals surface area (Å²) in [6, 6.07) is 7.20. The fraction of sp³-hybridized carbons (Fsp3) is 0.533. The van der Waals surface area contributed by atoms with Gasteiger partial charge in [-0.05, 0) is 25.0 Å². The number of hydrogen-bond donors (Lipinski definition) is 2. The summed E-state index contributed by atoms with van der Waals surface area (Å²) in [6.45, 7) is 6.71. The maximum Gasteiger partial charge on any atom is 0.223 e. The molecule has 0 bridgehead atoms. The first kappa shape index (κ1) is 16.8. The molecule has 112 valence electrons. The molecule has 0 aliphatic rings. The first-order chi connectivity index (χ1) is 9.39. The number of nitrogens with two attached hydrogens (primary N) is 1. The van der Waals surface area contributed by atoms with Crippen LogP contribution in [0.15, 0.2) is 24.3 Å². The maximum absolute atomic E-state index is 11.9. The van der Waals surface area contributed by atoms with Gasteiger partial charge in [-0.2, -0.15) is 0 Å². The second kappa shape index (κ2) is 7.50. The van der Waals surface area contributed by atoms with Crippen molar-refractivity contribution in [2.45, 2.75) is 32.7 Å². The lowest BCUT2D eigenvalue weighted by atomic mass is 9.88. The number of amides is 1. The Labute approximate surface area is 125 Å². The van der Waals surface area contributed by atoms with Gasteiger partial charge in [-0.15, -0.1) is 0 Å². The van der Waals surface area contributed by atoms with E-state index in [1.54, 1.807) is 12.1 Å². The molecular formula is C15H23ClN2O2. The molecule has 1 aromatic rings. The number of carbonyl (C=O) groups excluding carboxylic acids is 1. The summed E-state index contributed by atoms with van der Waals surface area (Å²) < 4.78 is 5.49. The number of hydrogen-bond acceptors (Lipinski definition) is 3. The quantitative estimate of drug-likeness (QED) is 0.813. The Morgan fingerprint density at radius 1 is 1.45 bits per heavy atom. The molecule has 1 rings (SSSR count). The highest BCUT2D eigenvalue weighted by atomic mass is 35.5. The van der Waals surface area contributed by atoms with Crippen molar-refractivity contribution in [2.75, 3.05) is 13.2 Å². The van der Waals surface area contributed by atoms with Gasteiger partial charge in [0, 0.05) is 6.54 Å². The van der Waals surface area contributed by atoms with E-state index in [4.69, 9.17) is 22.1 Å². The molecule has 0 saturated carbocycles. The Hall–Kier alpha value is -1.26. The summed E-state index contributed by atoms with van der Waals surface area (Å²) >= 11 is 5.97. The summed E-state index contributed by atoms with van der Waals surface area (Å²) in [5, 5.41) is 3.51. The Kier molecular flexibility index (Phi) is 6.30. The molecule has 5 heteroatoms. The molecule has 0 fully saturated rings. The van der Waals surface area contributed by atoms with Crippen molar-refractivity contribution < 1.29 is 9.53 Å². The molecule has 0 aliphatic heterocycles. The maximum atomic E-state index is 11.9. The first-order valence-corrected chi connectivity index (χ1v) is 7.15. The molecular weight excluding hydrogens is 276 g/mol. The van der Waals surface area contributed by atoms with Gasteiger partial charge in [0.1, 0.15) is 5.75 Å². The predicted molar refractivity (Wildman–Crippen MR) is 82.0 cm³/mol. The van der Waals surface area contributed by atoms with Crippen LogP contribution in [0.25, 0.3) is 0 Å². The van der Waals surface area contributed by atoms with Crippen molar-refractivity contribution in [3.63, 3.8) is 0 Å². The normalized spacial score (nSPS) is 13.9. The van der Waals surface area contributed by atoms with Crippen LogP contribution in [0.4, 0.5) is 0 Å². The highest BCUT2D eigenvalue weighted by molar-refractivity contribution is 6.32. The fourth-order valence-corrected chi connectivity index (χ4v) is 1.82. The summed E-state index contributed by atoms with van der Waals surface area (Å²) in [6.07, 6.45) is 0.271. The Morgan fingerprint density at radius 2 is 2.10 bits per heavy atom. The predicted octanol–water partition coefficient (Wildman–Crippen LogP) is 2.60. The van der Waals surface area contributed by atoms with Crippen molar-refractivity contribution in [2.24, 2.45) is 11.7 Å². The van der Waals surface area contributed by atoms with Crippen LogP contribution in [0.5, 0.6) is 5.75 Å². The summed E-state index contributed by atoms with van der Waals surface area (Å²) in [4.78, 5) is 11.9. The van der Waals surface area contributed by atoms with Gasteiger partial charge in [0.05, 0.1) is 23.6 Å². The van der Waals surface area contributed by atoms with Crippen molar-refractivity contribution in [3.05, 3.63) is 29.3 Å². The molecule has 0 radical (unpaired) electrons. The smallest absolute Gasteiger partial charge is 0.223 e. The van der Waals surface area contributed by atoms with E-state index in [9.17, 15) is 4.79 Å². The van der Waals surface area contributed by atoms with E-state index in [1.807, 2.05) is 32.9 Å². The first-order valence-electron chi connectivity index (χ1n) is 6.77. The lowest BCUT2D eigenvalue weighted by molar-refractivity contribution is -0.123. The second-order valence-corrected chi connectivity index (χ2v) is 5.76. The van der Waals surface area contributed by atoms with Gasteiger partial charge in [0.2, 0.25) is 5.91 Å². The average molecular weight is 299 g/mol. The lowest BCUT2D eigenvalue weighted by Gasteiger charge is -2.33. The number of carbonyl (C=O) groups is 1. The van der Waals surface area contributed by atoms with Gasteiger partial charge >= 0.3 is 0 Å². The molecule has 0 spiro atoms. The van der Waals surface area contributed by atoms with E-state index in [0.29, 0.717) is 17.3 Å². The molecule has 0 aliphatic carbocycles. The third kappa shape index (κ3) is 4.69. The van der Waals surface area contributed by atoms with Crippen molar-refractivity contribution in [1.82, 2.24) is 5.32 Å². The van der Waals surface area contributed by atoms with Crippen molar-refractivity contribution in [3.8, 4) is 5.75 Å². The zero-order valence-electron chi connectivity index (χ0n) is 12.3. The van der Waals surface area contributed by atoms with Gasteiger partial charge in [-0.3, -0.25) is 4.79 Å². The largest absolute Gasteiger partial charge is 0.491 e. The average Bonchev–Trinajstić information content (AvgIpc) is 2.40. The van der Waals surface area contributed by atoms with E-state index in [0.717, 1.165) is 0 Å². The van der Waals surface area contributed by atoms with Crippen LogP contribution in [0.2, 0.25) is 5.02 Å². The molecule has 20 heavy (non-hydrogen) atoms. The van der Waals surface area contributed by atoms with Gasteiger partial charge in [-0.25, -0.2) is 0 Å². The van der Waals surface area contributed by atoms with E-state index in [-0.39, 0.29) is 30.4 Å². The molecule has 3 N–H and O–H groups in total. The molecule has 0 heterocycles. The summed E-state index contributed by atoms with van der Waals surface area (Å²) in [5.41, 5.74) is 5.34. The van der Waals surface area contributed by atoms with Gasteiger partial charge in [0.25, 0.3) is 0 Å². The summed E-state index contributed by atoms with van der Waals surface area (Å²) in [5.74, 6) is 0.784. The number of para-hydroxylation sites is 1. The van der Waals surface area contributed by atoms with Crippen molar-refractivity contribution >= 4 is 17.5 Å². The third-order valence-corrected chi connectivity index (χ3v) is 3.86. The second-order valence-electron chi connectivity index (χ2n) is 5.35. The van der Waals surface area contributed by atoms with Gasteiger partial charge in [0.15, 0.2) is 0 Å².